The topological polar surface area (TPSA) is 26.0 Å². The fourth-order valence-corrected chi connectivity index (χ4v) is 0.836. The maximum atomic E-state index is 5.41. The van der Waals surface area contributed by atoms with E-state index >= 15 is 0 Å². The summed E-state index contributed by atoms with van der Waals surface area (Å²) < 4.78 is 0. The lowest BCUT2D eigenvalue weighted by Gasteiger charge is -1.96. The summed E-state index contributed by atoms with van der Waals surface area (Å²) in [6, 6.07) is 9.24. The van der Waals surface area contributed by atoms with Crippen LogP contribution in [0.15, 0.2) is 18.2 Å². The van der Waals surface area contributed by atoms with Crippen LogP contribution in [0.1, 0.15) is 18.1 Å². The third-order valence-corrected chi connectivity index (χ3v) is 1.57. The minimum absolute atomic E-state index is 0.587. The van der Waals surface area contributed by atoms with Crippen LogP contribution in [0.3, 0.4) is 0 Å². The van der Waals surface area contributed by atoms with E-state index in [4.69, 9.17) is 5.73 Å². The minimum atomic E-state index is 0.587. The molecule has 0 bridgehead atoms. The van der Waals surface area contributed by atoms with Gasteiger partial charge in [-0.2, -0.15) is 0 Å². The van der Waals surface area contributed by atoms with Crippen LogP contribution in [-0.4, -0.2) is 0 Å². The highest BCUT2D eigenvalue weighted by Crippen LogP contribution is 2.02. The third kappa shape index (κ3) is 1.58. The summed E-state index contributed by atoms with van der Waals surface area (Å²) in [5.41, 5.74) is 7.81. The van der Waals surface area contributed by atoms with E-state index in [0.29, 0.717) is 6.54 Å². The molecule has 1 heteroatoms. The lowest BCUT2D eigenvalue weighted by atomic mass is 10.1. The van der Waals surface area contributed by atoms with Gasteiger partial charge < -0.3 is 5.73 Å². The van der Waals surface area contributed by atoms with E-state index < -0.39 is 0 Å². The van der Waals surface area contributed by atoms with Crippen LogP contribution < -0.4 is 5.73 Å². The molecule has 0 aliphatic heterocycles. The zero-order valence-electron chi connectivity index (χ0n) is 6.22. The van der Waals surface area contributed by atoms with Crippen molar-refractivity contribution in [1.82, 2.24) is 0 Å². The Labute approximate surface area is 61.9 Å². The largest absolute Gasteiger partial charge is 0.326 e. The van der Waals surface area contributed by atoms with Gasteiger partial charge in [-0.15, -0.1) is 0 Å². The van der Waals surface area contributed by atoms with Crippen molar-refractivity contribution in [2.75, 3.05) is 0 Å². The van der Waals surface area contributed by atoms with Gasteiger partial charge in [0.15, 0.2) is 0 Å². The Hall–Kier alpha value is -0.820. The molecular formula is C9H12N. The van der Waals surface area contributed by atoms with E-state index in [9.17, 15) is 0 Å². The highest BCUT2D eigenvalue weighted by Gasteiger charge is 1.89. The van der Waals surface area contributed by atoms with Gasteiger partial charge in [0.1, 0.15) is 0 Å². The van der Waals surface area contributed by atoms with Gasteiger partial charge in [-0.3, -0.25) is 0 Å². The van der Waals surface area contributed by atoms with Crippen molar-refractivity contribution in [3.8, 4) is 0 Å². The molecule has 10 heavy (non-hydrogen) atoms. The Morgan fingerprint density at radius 2 is 2.30 bits per heavy atom. The molecule has 0 saturated carbocycles. The third-order valence-electron chi connectivity index (χ3n) is 1.57. The highest BCUT2D eigenvalue weighted by atomic mass is 14.5. The lowest BCUT2D eigenvalue weighted by Crippen LogP contribution is -1.95. The van der Waals surface area contributed by atoms with E-state index in [1.54, 1.807) is 0 Å². The summed E-state index contributed by atoms with van der Waals surface area (Å²) in [7, 11) is 0. The Morgan fingerprint density at radius 3 is 2.70 bits per heavy atom. The van der Waals surface area contributed by atoms with Gasteiger partial charge in [-0.25, -0.2) is 0 Å². The quantitative estimate of drug-likeness (QED) is 0.651. The summed E-state index contributed by atoms with van der Waals surface area (Å²) in [4.78, 5) is 0. The van der Waals surface area contributed by atoms with Crippen LogP contribution in [0.4, 0.5) is 0 Å². The predicted molar refractivity (Wildman–Crippen MR) is 42.5 cm³/mol. The summed E-state index contributed by atoms with van der Waals surface area (Å²) >= 11 is 0. The van der Waals surface area contributed by atoms with Crippen molar-refractivity contribution in [2.45, 2.75) is 19.9 Å². The molecule has 53 valence electrons. The van der Waals surface area contributed by atoms with Crippen molar-refractivity contribution < 1.29 is 0 Å². The van der Waals surface area contributed by atoms with Crippen molar-refractivity contribution >= 4 is 0 Å². The molecule has 1 aromatic carbocycles. The number of nitrogens with two attached hydrogens (primary N) is 1. The summed E-state index contributed by atoms with van der Waals surface area (Å²) in [5, 5.41) is 0. The summed E-state index contributed by atoms with van der Waals surface area (Å²) in [6.45, 7) is 2.72. The molecule has 0 atom stereocenters. The van der Waals surface area contributed by atoms with Gasteiger partial charge in [-0.05, 0) is 23.6 Å². The standard InChI is InChI=1S/C9H12N/c1-2-8-3-5-9(7-10)6-4-8/h3-5H,2,7,10H2,1H3. The molecule has 0 spiro atoms. The molecular weight excluding hydrogens is 122 g/mol. The van der Waals surface area contributed by atoms with Crippen LogP contribution in [-0.2, 0) is 13.0 Å². The van der Waals surface area contributed by atoms with Gasteiger partial charge in [0.05, 0.1) is 0 Å². The smallest absolute Gasteiger partial charge is 0.0184 e. The minimum Gasteiger partial charge on any atom is -0.326 e. The molecule has 0 saturated heterocycles. The van der Waals surface area contributed by atoms with Crippen LogP contribution in [0.2, 0.25) is 0 Å². The number of hydrogen-bond acceptors (Lipinski definition) is 1. The number of hydrogen-bond donors (Lipinski definition) is 1. The molecule has 0 unspecified atom stereocenters. The highest BCUT2D eigenvalue weighted by molar-refractivity contribution is 5.20. The molecule has 1 rings (SSSR count). The second kappa shape index (κ2) is 3.37. The van der Waals surface area contributed by atoms with Crippen LogP contribution >= 0.6 is 0 Å². The first-order valence-electron chi connectivity index (χ1n) is 3.56. The van der Waals surface area contributed by atoms with E-state index in [0.717, 1.165) is 12.0 Å². The van der Waals surface area contributed by atoms with Crippen molar-refractivity contribution in [1.29, 1.82) is 0 Å². The molecule has 1 nitrogen and oxygen atoms in total. The van der Waals surface area contributed by atoms with E-state index in [1.807, 2.05) is 12.1 Å². The fourth-order valence-electron chi connectivity index (χ4n) is 0.836. The predicted octanol–water partition coefficient (Wildman–Crippen LogP) is 1.51. The number of aryl methyl sites for hydroxylation is 1. The molecule has 0 amide bonds. The molecule has 2 N–H and O–H groups in total. The Kier molecular flexibility index (Phi) is 2.46. The second-order valence-corrected chi connectivity index (χ2v) is 2.28. The summed E-state index contributed by atoms with van der Waals surface area (Å²) in [6.07, 6.45) is 1.07. The second-order valence-electron chi connectivity index (χ2n) is 2.28. The average molecular weight is 134 g/mol. The normalized spacial score (nSPS) is 9.80. The zero-order chi connectivity index (χ0) is 7.40. The van der Waals surface area contributed by atoms with E-state index in [1.165, 1.54) is 5.56 Å². The molecule has 0 fully saturated rings. The van der Waals surface area contributed by atoms with E-state index in [2.05, 4.69) is 19.1 Å². The Balaban J connectivity index is 2.80. The number of rotatable bonds is 2. The maximum absolute atomic E-state index is 5.41. The summed E-state index contributed by atoms with van der Waals surface area (Å²) in [5.74, 6) is 0. The lowest BCUT2D eigenvalue weighted by molar-refractivity contribution is 1.05. The molecule has 0 aliphatic carbocycles. The van der Waals surface area contributed by atoms with Gasteiger partial charge in [0, 0.05) is 6.54 Å². The van der Waals surface area contributed by atoms with Crippen LogP contribution in [0, 0.1) is 6.07 Å². The van der Waals surface area contributed by atoms with Crippen LogP contribution in [0.5, 0.6) is 0 Å². The van der Waals surface area contributed by atoms with Gasteiger partial charge in [0.25, 0.3) is 0 Å². The fraction of sp³-hybridized carbons (Fsp3) is 0.333. The van der Waals surface area contributed by atoms with Gasteiger partial charge >= 0.3 is 0 Å². The van der Waals surface area contributed by atoms with Crippen LogP contribution in [0.25, 0.3) is 0 Å². The average Bonchev–Trinajstić information content (AvgIpc) is 2.05. The Morgan fingerprint density at radius 1 is 1.50 bits per heavy atom. The molecule has 1 aromatic rings. The molecule has 0 heterocycles. The first-order valence-corrected chi connectivity index (χ1v) is 3.56. The molecule has 0 aliphatic rings. The van der Waals surface area contributed by atoms with Crippen molar-refractivity contribution in [3.63, 3.8) is 0 Å². The first-order chi connectivity index (χ1) is 4.86. The molecule has 1 radical (unpaired) electrons. The monoisotopic (exact) mass is 134 g/mol. The first kappa shape index (κ1) is 7.29. The molecule has 0 aromatic heterocycles. The van der Waals surface area contributed by atoms with Gasteiger partial charge in [0.2, 0.25) is 0 Å². The SMILES string of the molecule is CCc1c[c]c(CN)cc1. The van der Waals surface area contributed by atoms with Crippen molar-refractivity contribution in [3.05, 3.63) is 35.4 Å². The van der Waals surface area contributed by atoms with Gasteiger partial charge in [-0.1, -0.05) is 25.1 Å². The maximum Gasteiger partial charge on any atom is 0.0184 e. The van der Waals surface area contributed by atoms with Crippen molar-refractivity contribution in [2.24, 2.45) is 5.73 Å². The number of benzene rings is 1. The zero-order valence-corrected chi connectivity index (χ0v) is 6.22. The van der Waals surface area contributed by atoms with E-state index in [-0.39, 0.29) is 0 Å². The Bertz CT molecular complexity index is 165.